The molecule has 2 fully saturated rings. The molecule has 0 aromatic heterocycles. The molecule has 0 amide bonds. The van der Waals surface area contributed by atoms with Crippen molar-refractivity contribution in [3.05, 3.63) is 0 Å². The van der Waals surface area contributed by atoms with E-state index in [-0.39, 0.29) is 0 Å². The van der Waals surface area contributed by atoms with Gasteiger partial charge < -0.3 is 55.1 Å². The Hall–Kier alpha value is -0.440. The van der Waals surface area contributed by atoms with Gasteiger partial charge in [0.25, 0.3) is 0 Å². The first kappa shape index (κ1) is 18.9. The van der Waals surface area contributed by atoms with E-state index in [0.29, 0.717) is 0 Å². The van der Waals surface area contributed by atoms with Crippen molar-refractivity contribution in [2.45, 2.75) is 61.4 Å². The van der Waals surface area contributed by atoms with Crippen LogP contribution in [0.15, 0.2) is 0 Å². The lowest BCUT2D eigenvalue weighted by molar-refractivity contribution is -0.355. The summed E-state index contributed by atoms with van der Waals surface area (Å²) in [5, 5.41) is 76.5. The molecule has 0 spiro atoms. The van der Waals surface area contributed by atoms with Gasteiger partial charge in [-0.1, -0.05) is 0 Å². The van der Waals surface area contributed by atoms with E-state index in [0.717, 1.165) is 0 Å². The highest BCUT2D eigenvalue weighted by atomic mass is 16.7. The summed E-state index contributed by atoms with van der Waals surface area (Å²) < 4.78 is 15.3. The Morgan fingerprint density at radius 3 is 1.83 bits per heavy atom. The summed E-state index contributed by atoms with van der Waals surface area (Å²) in [7, 11) is 0. The van der Waals surface area contributed by atoms with Crippen molar-refractivity contribution in [2.24, 2.45) is 0 Å². The molecule has 8 N–H and O–H groups in total. The molecule has 23 heavy (non-hydrogen) atoms. The predicted octanol–water partition coefficient (Wildman–Crippen LogP) is -5.40. The molecular weight excluding hydrogens is 320 g/mol. The maximum Gasteiger partial charge on any atom is 0.187 e. The van der Waals surface area contributed by atoms with Crippen molar-refractivity contribution in [3.8, 4) is 0 Å². The van der Waals surface area contributed by atoms with Gasteiger partial charge in [-0.15, -0.1) is 0 Å². The van der Waals surface area contributed by atoms with E-state index in [1.165, 1.54) is 0 Å². The van der Waals surface area contributed by atoms with Crippen LogP contribution in [-0.4, -0.2) is 115 Å². The average molecular weight is 342 g/mol. The molecule has 10 atom stereocenters. The minimum Gasteiger partial charge on any atom is -0.394 e. The maximum absolute atomic E-state index is 9.94. The van der Waals surface area contributed by atoms with Crippen LogP contribution >= 0.6 is 0 Å². The minimum absolute atomic E-state index is 0.667. The number of hydrogen-bond donors (Lipinski definition) is 8. The molecule has 0 aromatic carbocycles. The Bertz CT molecular complexity index is 378. The summed E-state index contributed by atoms with van der Waals surface area (Å²) in [5.74, 6) is 0. The average Bonchev–Trinajstić information content (AvgIpc) is 2.55. The molecule has 0 aliphatic carbocycles. The van der Waals surface area contributed by atoms with Gasteiger partial charge in [-0.05, 0) is 0 Å². The number of rotatable bonds is 4. The molecule has 0 saturated carbocycles. The minimum atomic E-state index is -1.74. The van der Waals surface area contributed by atoms with E-state index < -0.39 is 74.6 Å². The van der Waals surface area contributed by atoms with Crippen LogP contribution in [0.1, 0.15) is 0 Å². The van der Waals surface area contributed by atoms with Crippen molar-refractivity contribution in [1.82, 2.24) is 0 Å². The molecule has 2 aliphatic heterocycles. The van der Waals surface area contributed by atoms with Crippen LogP contribution in [0.5, 0.6) is 0 Å². The van der Waals surface area contributed by atoms with Crippen LogP contribution in [0.2, 0.25) is 0 Å². The first-order valence-electron chi connectivity index (χ1n) is 7.08. The Labute approximate surface area is 130 Å². The molecule has 2 heterocycles. The Kier molecular flexibility index (Phi) is 6.27. The van der Waals surface area contributed by atoms with Crippen molar-refractivity contribution >= 4 is 0 Å². The zero-order valence-electron chi connectivity index (χ0n) is 12.0. The molecule has 0 radical (unpaired) electrons. The van der Waals surface area contributed by atoms with Crippen LogP contribution < -0.4 is 0 Å². The molecule has 11 heteroatoms. The normalized spacial score (nSPS) is 51.7. The second kappa shape index (κ2) is 7.63. The van der Waals surface area contributed by atoms with E-state index >= 15 is 0 Å². The van der Waals surface area contributed by atoms with Crippen LogP contribution in [-0.2, 0) is 14.2 Å². The van der Waals surface area contributed by atoms with Gasteiger partial charge in [0.2, 0.25) is 0 Å². The number of aliphatic hydroxyl groups is 8. The molecule has 0 bridgehead atoms. The van der Waals surface area contributed by atoms with Crippen LogP contribution in [0.4, 0.5) is 0 Å². The molecule has 0 unspecified atom stereocenters. The summed E-state index contributed by atoms with van der Waals surface area (Å²) in [5.41, 5.74) is 0. The molecule has 2 saturated heterocycles. The van der Waals surface area contributed by atoms with E-state index in [9.17, 15) is 35.7 Å². The molecule has 0 aromatic rings. The Balaban J connectivity index is 2.11. The second-order valence-corrected chi connectivity index (χ2v) is 5.53. The SMILES string of the molecule is OC[C@@H]1O[C@@H](O)[C@H](O)[C@@H](O)[C@H]1O[C@H]1O[C@H](CO)[C@H](O)[C@H](O)[C@H]1O. The van der Waals surface area contributed by atoms with E-state index in [1.54, 1.807) is 0 Å². The molecule has 136 valence electrons. The zero-order valence-corrected chi connectivity index (χ0v) is 12.0. The standard InChI is InChI=1S/C12H22O11/c13-1-3-5(15)6(16)9(19)12(22-3)23-10-4(2-14)21-11(20)8(18)7(10)17/h3-20H,1-2H2/t3-,4+,5+,6+,7-,8-,9-,10+,11-,12-/m1/s1. The number of hydrogen-bond acceptors (Lipinski definition) is 11. The maximum atomic E-state index is 9.94. The van der Waals surface area contributed by atoms with Gasteiger partial charge in [-0.3, -0.25) is 0 Å². The highest BCUT2D eigenvalue weighted by Gasteiger charge is 2.50. The summed E-state index contributed by atoms with van der Waals surface area (Å²) in [6.45, 7) is -1.35. The molecular formula is C12H22O11. The second-order valence-electron chi connectivity index (χ2n) is 5.53. The van der Waals surface area contributed by atoms with Crippen molar-refractivity contribution in [1.29, 1.82) is 0 Å². The third-order valence-corrected chi connectivity index (χ3v) is 3.98. The molecule has 11 nitrogen and oxygen atoms in total. The third kappa shape index (κ3) is 3.65. The van der Waals surface area contributed by atoms with E-state index in [4.69, 9.17) is 19.3 Å². The summed E-state index contributed by atoms with van der Waals surface area (Å²) in [6.07, 6.45) is -15.6. The van der Waals surface area contributed by atoms with Gasteiger partial charge in [-0.25, -0.2) is 0 Å². The fraction of sp³-hybridized carbons (Fsp3) is 1.00. The Morgan fingerprint density at radius 2 is 1.26 bits per heavy atom. The van der Waals surface area contributed by atoms with Gasteiger partial charge in [-0.2, -0.15) is 0 Å². The van der Waals surface area contributed by atoms with E-state index in [1.807, 2.05) is 0 Å². The lowest BCUT2D eigenvalue weighted by Crippen LogP contribution is -2.64. The smallest absolute Gasteiger partial charge is 0.187 e. The zero-order chi connectivity index (χ0) is 17.3. The van der Waals surface area contributed by atoms with Crippen molar-refractivity contribution in [2.75, 3.05) is 13.2 Å². The van der Waals surface area contributed by atoms with Gasteiger partial charge in [0.1, 0.15) is 48.8 Å². The quantitative estimate of drug-likeness (QED) is 0.243. The fourth-order valence-corrected chi connectivity index (χ4v) is 2.57. The third-order valence-electron chi connectivity index (χ3n) is 3.98. The highest BCUT2D eigenvalue weighted by Crippen LogP contribution is 2.28. The molecule has 2 rings (SSSR count). The van der Waals surface area contributed by atoms with E-state index in [2.05, 4.69) is 0 Å². The lowest BCUT2D eigenvalue weighted by Gasteiger charge is -2.45. The van der Waals surface area contributed by atoms with Gasteiger partial charge >= 0.3 is 0 Å². The van der Waals surface area contributed by atoms with Gasteiger partial charge in [0, 0.05) is 0 Å². The monoisotopic (exact) mass is 342 g/mol. The lowest BCUT2D eigenvalue weighted by atomic mass is 9.97. The van der Waals surface area contributed by atoms with Gasteiger partial charge in [0.15, 0.2) is 12.6 Å². The first-order valence-corrected chi connectivity index (χ1v) is 7.08. The van der Waals surface area contributed by atoms with Gasteiger partial charge in [0.05, 0.1) is 13.2 Å². The van der Waals surface area contributed by atoms with Crippen molar-refractivity contribution < 1.29 is 55.1 Å². The van der Waals surface area contributed by atoms with Crippen LogP contribution in [0, 0.1) is 0 Å². The number of aliphatic hydroxyl groups excluding tert-OH is 8. The first-order chi connectivity index (χ1) is 10.8. The molecule has 2 aliphatic rings. The van der Waals surface area contributed by atoms with Crippen molar-refractivity contribution in [3.63, 3.8) is 0 Å². The topological polar surface area (TPSA) is 190 Å². The fourth-order valence-electron chi connectivity index (χ4n) is 2.57. The predicted molar refractivity (Wildman–Crippen MR) is 68.6 cm³/mol. The summed E-state index contributed by atoms with van der Waals surface area (Å²) >= 11 is 0. The summed E-state index contributed by atoms with van der Waals surface area (Å²) in [4.78, 5) is 0. The number of ether oxygens (including phenoxy) is 3. The van der Waals surface area contributed by atoms with Crippen LogP contribution in [0.3, 0.4) is 0 Å². The highest BCUT2D eigenvalue weighted by molar-refractivity contribution is 4.93. The Morgan fingerprint density at radius 1 is 0.652 bits per heavy atom. The van der Waals surface area contributed by atoms with Crippen LogP contribution in [0.25, 0.3) is 0 Å². The largest absolute Gasteiger partial charge is 0.394 e. The summed E-state index contributed by atoms with van der Waals surface area (Å²) in [6, 6.07) is 0.